The molecule has 1 aromatic rings. The van der Waals surface area contributed by atoms with Gasteiger partial charge in [-0.05, 0) is 24.7 Å². The molecule has 0 aromatic heterocycles. The molecule has 0 bridgehead atoms. The monoisotopic (exact) mass is 309 g/mol. The molecule has 1 rings (SSSR count). The Morgan fingerprint density at radius 3 is 2.94 bits per heavy atom. The third kappa shape index (κ3) is 5.30. The zero-order valence-electron chi connectivity index (χ0n) is 10.3. The van der Waals surface area contributed by atoms with E-state index in [0.29, 0.717) is 19.5 Å². The number of halogens is 1. The van der Waals surface area contributed by atoms with Crippen molar-refractivity contribution in [2.24, 2.45) is 0 Å². The van der Waals surface area contributed by atoms with E-state index in [1.165, 1.54) is 0 Å². The predicted molar refractivity (Wildman–Crippen MR) is 75.1 cm³/mol. The van der Waals surface area contributed by atoms with E-state index in [1.807, 2.05) is 36.1 Å². The summed E-state index contributed by atoms with van der Waals surface area (Å²) in [4.78, 5) is 13.7. The lowest BCUT2D eigenvalue weighted by Crippen LogP contribution is -2.33. The third-order valence-corrected chi connectivity index (χ3v) is 2.96. The van der Waals surface area contributed by atoms with Crippen LogP contribution in [-0.4, -0.2) is 30.4 Å². The number of nitrogens with zero attached hydrogens (tertiary/aromatic N) is 2. The lowest BCUT2D eigenvalue weighted by atomic mass is 10.3. The van der Waals surface area contributed by atoms with E-state index >= 15 is 0 Å². The number of benzene rings is 1. The number of likely N-dealkylation sites (N-methyl/N-ethyl adjacent to an activating group) is 1. The number of anilines is 1. The molecule has 1 N–H and O–H groups in total. The van der Waals surface area contributed by atoms with E-state index in [9.17, 15) is 4.79 Å². The van der Waals surface area contributed by atoms with Crippen molar-refractivity contribution in [3.8, 4) is 6.07 Å². The van der Waals surface area contributed by atoms with Crippen LogP contribution in [0.5, 0.6) is 0 Å². The highest BCUT2D eigenvalue weighted by atomic mass is 79.9. The Labute approximate surface area is 116 Å². The lowest BCUT2D eigenvalue weighted by molar-refractivity contribution is -0.117. The largest absolute Gasteiger partial charge is 0.325 e. The van der Waals surface area contributed by atoms with Crippen LogP contribution >= 0.6 is 15.9 Å². The highest BCUT2D eigenvalue weighted by Gasteiger charge is 2.08. The number of rotatable bonds is 6. The summed E-state index contributed by atoms with van der Waals surface area (Å²) in [6.07, 6.45) is 0.442. The minimum atomic E-state index is -0.0621. The number of carbonyl (C=O) groups is 1. The van der Waals surface area contributed by atoms with Gasteiger partial charge in [0.25, 0.3) is 0 Å². The van der Waals surface area contributed by atoms with Crippen LogP contribution in [0.15, 0.2) is 28.7 Å². The maximum absolute atomic E-state index is 11.8. The van der Waals surface area contributed by atoms with Gasteiger partial charge in [0.2, 0.25) is 5.91 Å². The minimum absolute atomic E-state index is 0.0621. The Balaban J connectivity index is 2.48. The van der Waals surface area contributed by atoms with Crippen molar-refractivity contribution in [3.63, 3.8) is 0 Å². The molecule has 0 saturated carbocycles. The molecule has 1 amide bonds. The number of nitrogens with one attached hydrogen (secondary N) is 1. The maximum Gasteiger partial charge on any atom is 0.238 e. The van der Waals surface area contributed by atoms with Gasteiger partial charge in [0.05, 0.1) is 12.6 Å². The van der Waals surface area contributed by atoms with Gasteiger partial charge in [-0.25, -0.2) is 0 Å². The van der Waals surface area contributed by atoms with Gasteiger partial charge in [-0.3, -0.25) is 9.69 Å². The zero-order chi connectivity index (χ0) is 13.4. The van der Waals surface area contributed by atoms with Gasteiger partial charge >= 0.3 is 0 Å². The van der Waals surface area contributed by atoms with Crippen molar-refractivity contribution in [1.29, 1.82) is 5.26 Å². The first-order chi connectivity index (χ1) is 8.65. The van der Waals surface area contributed by atoms with E-state index in [-0.39, 0.29) is 5.91 Å². The molecule has 0 atom stereocenters. The quantitative estimate of drug-likeness (QED) is 0.879. The van der Waals surface area contributed by atoms with E-state index in [0.717, 1.165) is 16.7 Å². The second kappa shape index (κ2) is 7.85. The molecule has 18 heavy (non-hydrogen) atoms. The lowest BCUT2D eigenvalue weighted by Gasteiger charge is -2.18. The molecule has 0 heterocycles. The fourth-order valence-corrected chi connectivity index (χ4v) is 1.93. The van der Waals surface area contributed by atoms with Crippen LogP contribution in [0.25, 0.3) is 0 Å². The standard InChI is InChI=1S/C13H16BrN3O/c1-2-17(8-4-7-15)10-13(18)16-12-6-3-5-11(14)9-12/h3,5-6,9H,2,4,8,10H2,1H3,(H,16,18). The molecule has 4 nitrogen and oxygen atoms in total. The highest BCUT2D eigenvalue weighted by molar-refractivity contribution is 9.10. The van der Waals surface area contributed by atoms with Crippen LogP contribution in [0.3, 0.4) is 0 Å². The number of amides is 1. The van der Waals surface area contributed by atoms with Crippen molar-refractivity contribution < 1.29 is 4.79 Å². The molecular weight excluding hydrogens is 294 g/mol. The summed E-state index contributed by atoms with van der Waals surface area (Å²) in [6, 6.07) is 9.55. The fraction of sp³-hybridized carbons (Fsp3) is 0.385. The first kappa shape index (κ1) is 14.7. The molecule has 0 aliphatic carbocycles. The number of hydrogen-bond donors (Lipinski definition) is 1. The smallest absolute Gasteiger partial charge is 0.238 e. The van der Waals surface area contributed by atoms with Gasteiger partial charge in [-0.2, -0.15) is 5.26 Å². The summed E-state index contributed by atoms with van der Waals surface area (Å²) in [6.45, 7) is 3.67. The van der Waals surface area contributed by atoms with Gasteiger partial charge in [0.15, 0.2) is 0 Å². The van der Waals surface area contributed by atoms with Crippen LogP contribution in [0.1, 0.15) is 13.3 Å². The average molecular weight is 310 g/mol. The van der Waals surface area contributed by atoms with Crippen LogP contribution in [0, 0.1) is 11.3 Å². The topological polar surface area (TPSA) is 56.1 Å². The molecule has 5 heteroatoms. The Morgan fingerprint density at radius 2 is 2.33 bits per heavy atom. The van der Waals surface area contributed by atoms with Crippen molar-refractivity contribution in [2.75, 3.05) is 25.0 Å². The molecule has 0 aliphatic rings. The Bertz CT molecular complexity index is 442. The van der Waals surface area contributed by atoms with Gasteiger partial charge in [0.1, 0.15) is 0 Å². The average Bonchev–Trinajstić information content (AvgIpc) is 2.34. The molecule has 0 radical (unpaired) electrons. The number of carbonyl (C=O) groups excluding carboxylic acids is 1. The summed E-state index contributed by atoms with van der Waals surface area (Å²) in [5.74, 6) is -0.0621. The van der Waals surface area contributed by atoms with E-state index in [4.69, 9.17) is 5.26 Å². The molecule has 0 fully saturated rings. The Morgan fingerprint density at radius 1 is 1.56 bits per heavy atom. The number of nitriles is 1. The number of hydrogen-bond acceptors (Lipinski definition) is 3. The second-order valence-corrected chi connectivity index (χ2v) is 4.75. The molecule has 1 aromatic carbocycles. The van der Waals surface area contributed by atoms with Crippen LogP contribution in [0.4, 0.5) is 5.69 Å². The van der Waals surface area contributed by atoms with Gasteiger partial charge in [-0.15, -0.1) is 0 Å². The summed E-state index contributed by atoms with van der Waals surface area (Å²) in [5.41, 5.74) is 0.769. The zero-order valence-corrected chi connectivity index (χ0v) is 11.9. The van der Waals surface area contributed by atoms with Crippen LogP contribution < -0.4 is 5.32 Å². The summed E-state index contributed by atoms with van der Waals surface area (Å²) in [5, 5.41) is 11.4. The SMILES string of the molecule is CCN(CCC#N)CC(=O)Nc1cccc(Br)c1. The Kier molecular flexibility index (Phi) is 6.40. The Hall–Kier alpha value is -1.38. The fourth-order valence-electron chi connectivity index (χ4n) is 1.53. The van der Waals surface area contributed by atoms with E-state index in [1.54, 1.807) is 0 Å². The van der Waals surface area contributed by atoms with E-state index < -0.39 is 0 Å². The molecule has 96 valence electrons. The highest BCUT2D eigenvalue weighted by Crippen LogP contribution is 2.15. The van der Waals surface area contributed by atoms with Gasteiger partial charge in [0, 0.05) is 23.1 Å². The molecule has 0 saturated heterocycles. The normalized spacial score (nSPS) is 10.1. The minimum Gasteiger partial charge on any atom is -0.325 e. The third-order valence-electron chi connectivity index (χ3n) is 2.46. The molecule has 0 aliphatic heterocycles. The molecule has 0 spiro atoms. The predicted octanol–water partition coefficient (Wildman–Crippen LogP) is 2.62. The molecule has 0 unspecified atom stereocenters. The van der Waals surface area contributed by atoms with Crippen molar-refractivity contribution in [2.45, 2.75) is 13.3 Å². The summed E-state index contributed by atoms with van der Waals surface area (Å²) in [7, 11) is 0. The van der Waals surface area contributed by atoms with Gasteiger partial charge in [-0.1, -0.05) is 28.9 Å². The van der Waals surface area contributed by atoms with Gasteiger partial charge < -0.3 is 5.32 Å². The molecular formula is C13H16BrN3O. The first-order valence-corrected chi connectivity index (χ1v) is 6.59. The van der Waals surface area contributed by atoms with Crippen molar-refractivity contribution >= 4 is 27.5 Å². The first-order valence-electron chi connectivity index (χ1n) is 5.80. The van der Waals surface area contributed by atoms with Crippen molar-refractivity contribution in [3.05, 3.63) is 28.7 Å². The van der Waals surface area contributed by atoms with Crippen molar-refractivity contribution in [1.82, 2.24) is 4.90 Å². The second-order valence-electron chi connectivity index (χ2n) is 3.84. The van der Waals surface area contributed by atoms with E-state index in [2.05, 4.69) is 27.3 Å². The summed E-state index contributed by atoms with van der Waals surface area (Å²) < 4.78 is 0.928. The van der Waals surface area contributed by atoms with Crippen LogP contribution in [0.2, 0.25) is 0 Å². The van der Waals surface area contributed by atoms with Crippen LogP contribution in [-0.2, 0) is 4.79 Å². The summed E-state index contributed by atoms with van der Waals surface area (Å²) >= 11 is 3.35. The maximum atomic E-state index is 11.8.